The Morgan fingerprint density at radius 3 is 2.83 bits per heavy atom. The third-order valence-corrected chi connectivity index (χ3v) is 1.65. The number of hydrogen-bond donors (Lipinski definition) is 0. The molecule has 64 valence electrons. The summed E-state index contributed by atoms with van der Waals surface area (Å²) >= 11 is 7.98. The van der Waals surface area contributed by atoms with Gasteiger partial charge in [-0.25, -0.2) is 9.18 Å². The van der Waals surface area contributed by atoms with Gasteiger partial charge in [-0.1, -0.05) is 15.9 Å². The van der Waals surface area contributed by atoms with Crippen molar-refractivity contribution in [1.82, 2.24) is 0 Å². The molecule has 0 heterocycles. The van der Waals surface area contributed by atoms with Crippen molar-refractivity contribution >= 4 is 33.0 Å². The predicted molar refractivity (Wildman–Crippen MR) is 46.0 cm³/mol. The zero-order valence-electron chi connectivity index (χ0n) is 5.68. The lowest BCUT2D eigenvalue weighted by atomic mass is 10.3. The van der Waals surface area contributed by atoms with Crippen LogP contribution in [0.25, 0.3) is 0 Å². The van der Waals surface area contributed by atoms with Gasteiger partial charge in [-0.3, -0.25) is 0 Å². The Balaban J connectivity index is 2.97. The van der Waals surface area contributed by atoms with Gasteiger partial charge in [0.1, 0.15) is 0 Å². The molecule has 0 radical (unpaired) electrons. The number of benzene rings is 1. The fourth-order valence-electron chi connectivity index (χ4n) is 0.642. The highest BCUT2D eigenvalue weighted by atomic mass is 79.9. The molecule has 1 aromatic rings. The molecule has 0 amide bonds. The molecular formula is C7H3BrClFO2. The molecule has 1 rings (SSSR count). The molecule has 0 aromatic heterocycles. The van der Waals surface area contributed by atoms with E-state index in [9.17, 15) is 9.18 Å². The van der Waals surface area contributed by atoms with Gasteiger partial charge >= 0.3 is 5.43 Å². The molecule has 12 heavy (non-hydrogen) atoms. The minimum atomic E-state index is -1.06. The summed E-state index contributed by atoms with van der Waals surface area (Å²) in [6.07, 6.45) is 0. The van der Waals surface area contributed by atoms with E-state index in [1.807, 2.05) is 0 Å². The summed E-state index contributed by atoms with van der Waals surface area (Å²) in [7, 11) is 0. The molecule has 0 N–H and O–H groups in total. The predicted octanol–water partition coefficient (Wildman–Crippen LogP) is 3.33. The number of ether oxygens (including phenoxy) is 1. The number of hydrogen-bond acceptors (Lipinski definition) is 2. The van der Waals surface area contributed by atoms with Gasteiger partial charge in [-0.2, -0.15) is 0 Å². The van der Waals surface area contributed by atoms with Gasteiger partial charge in [0.2, 0.25) is 0 Å². The highest BCUT2D eigenvalue weighted by Crippen LogP contribution is 2.22. The monoisotopic (exact) mass is 252 g/mol. The molecular weight excluding hydrogens is 250 g/mol. The van der Waals surface area contributed by atoms with Crippen LogP contribution in [0, 0.1) is 5.82 Å². The van der Waals surface area contributed by atoms with Crippen molar-refractivity contribution < 1.29 is 13.9 Å². The van der Waals surface area contributed by atoms with Gasteiger partial charge < -0.3 is 4.74 Å². The molecule has 2 nitrogen and oxygen atoms in total. The lowest BCUT2D eigenvalue weighted by Gasteiger charge is -2.00. The molecule has 0 atom stereocenters. The van der Waals surface area contributed by atoms with Gasteiger partial charge in [0.25, 0.3) is 0 Å². The van der Waals surface area contributed by atoms with Crippen LogP contribution >= 0.6 is 27.5 Å². The van der Waals surface area contributed by atoms with E-state index in [1.165, 1.54) is 18.2 Å². The van der Waals surface area contributed by atoms with E-state index < -0.39 is 11.2 Å². The van der Waals surface area contributed by atoms with Crippen molar-refractivity contribution in [1.29, 1.82) is 0 Å². The van der Waals surface area contributed by atoms with E-state index in [4.69, 9.17) is 11.6 Å². The summed E-state index contributed by atoms with van der Waals surface area (Å²) in [4.78, 5) is 10.2. The van der Waals surface area contributed by atoms with Gasteiger partial charge in [0.15, 0.2) is 11.6 Å². The van der Waals surface area contributed by atoms with Crippen molar-refractivity contribution in [2.75, 3.05) is 0 Å². The molecule has 0 unspecified atom stereocenters. The fourth-order valence-corrected chi connectivity index (χ4v) is 1.07. The fraction of sp³-hybridized carbons (Fsp3) is 0. The summed E-state index contributed by atoms with van der Waals surface area (Å²) in [5.74, 6) is -0.823. The van der Waals surface area contributed by atoms with E-state index in [2.05, 4.69) is 20.7 Å². The second-order valence-corrected chi connectivity index (χ2v) is 3.14. The van der Waals surface area contributed by atoms with Crippen LogP contribution in [0.15, 0.2) is 22.7 Å². The van der Waals surface area contributed by atoms with Crippen LogP contribution < -0.4 is 4.74 Å². The molecule has 5 heteroatoms. The maximum atomic E-state index is 12.8. The van der Waals surface area contributed by atoms with Crippen molar-refractivity contribution in [3.63, 3.8) is 0 Å². The average molecular weight is 253 g/mol. The minimum Gasteiger partial charge on any atom is -0.411 e. The lowest BCUT2D eigenvalue weighted by molar-refractivity contribution is 0.223. The van der Waals surface area contributed by atoms with Gasteiger partial charge in [-0.05, 0) is 18.2 Å². The van der Waals surface area contributed by atoms with Crippen LogP contribution in [0.5, 0.6) is 5.75 Å². The average Bonchev–Trinajstić information content (AvgIpc) is 1.96. The Morgan fingerprint density at radius 2 is 2.25 bits per heavy atom. The zero-order valence-corrected chi connectivity index (χ0v) is 8.02. The van der Waals surface area contributed by atoms with E-state index in [-0.39, 0.29) is 5.75 Å². The van der Waals surface area contributed by atoms with Crippen LogP contribution in [0.4, 0.5) is 9.18 Å². The molecule has 0 aliphatic carbocycles. The van der Waals surface area contributed by atoms with E-state index in [0.29, 0.717) is 4.47 Å². The van der Waals surface area contributed by atoms with Crippen LogP contribution in [0.1, 0.15) is 0 Å². The van der Waals surface area contributed by atoms with E-state index in [1.54, 1.807) is 0 Å². The zero-order chi connectivity index (χ0) is 9.14. The lowest BCUT2D eigenvalue weighted by Crippen LogP contribution is -1.98. The van der Waals surface area contributed by atoms with Crippen LogP contribution in [-0.2, 0) is 0 Å². The Morgan fingerprint density at radius 1 is 1.58 bits per heavy atom. The number of carbonyl (C=O) groups is 1. The topological polar surface area (TPSA) is 26.3 Å². The first-order valence-corrected chi connectivity index (χ1v) is 4.09. The molecule has 0 aliphatic heterocycles. The highest BCUT2D eigenvalue weighted by molar-refractivity contribution is 9.10. The van der Waals surface area contributed by atoms with Crippen molar-refractivity contribution in [2.24, 2.45) is 0 Å². The summed E-state index contributed by atoms with van der Waals surface area (Å²) < 4.78 is 17.7. The largest absolute Gasteiger partial charge is 0.411 e. The second kappa shape index (κ2) is 3.87. The van der Waals surface area contributed by atoms with E-state index in [0.717, 1.165) is 0 Å². The molecule has 0 aliphatic rings. The Bertz CT molecular complexity index is 316. The first-order valence-electron chi connectivity index (χ1n) is 2.92. The standard InChI is InChI=1S/C7H3BrClFO2/c8-4-1-2-5(10)6(3-4)12-7(9)11/h1-3H. The summed E-state index contributed by atoms with van der Waals surface area (Å²) in [5.41, 5.74) is -1.06. The molecule has 0 saturated carbocycles. The Kier molecular flexibility index (Phi) is 3.05. The minimum absolute atomic E-state index is 0.190. The summed E-state index contributed by atoms with van der Waals surface area (Å²) in [5, 5.41) is 0. The first kappa shape index (κ1) is 9.48. The summed E-state index contributed by atoms with van der Waals surface area (Å²) in [6.45, 7) is 0. The van der Waals surface area contributed by atoms with Crippen molar-refractivity contribution in [2.45, 2.75) is 0 Å². The van der Waals surface area contributed by atoms with Crippen molar-refractivity contribution in [3.05, 3.63) is 28.5 Å². The first-order chi connectivity index (χ1) is 5.59. The van der Waals surface area contributed by atoms with Gasteiger partial charge in [-0.15, -0.1) is 0 Å². The molecule has 0 fully saturated rings. The Hall–Kier alpha value is -0.610. The van der Waals surface area contributed by atoms with Gasteiger partial charge in [0, 0.05) is 16.1 Å². The van der Waals surface area contributed by atoms with Crippen LogP contribution in [-0.4, -0.2) is 5.43 Å². The van der Waals surface area contributed by atoms with Crippen LogP contribution in [0.2, 0.25) is 0 Å². The van der Waals surface area contributed by atoms with Crippen molar-refractivity contribution in [3.8, 4) is 5.75 Å². The number of rotatable bonds is 1. The molecule has 1 aromatic carbocycles. The quantitative estimate of drug-likeness (QED) is 0.718. The maximum absolute atomic E-state index is 12.8. The van der Waals surface area contributed by atoms with Gasteiger partial charge in [0.05, 0.1) is 0 Å². The Labute approximate surface area is 81.4 Å². The normalized spacial score (nSPS) is 9.58. The highest BCUT2D eigenvalue weighted by Gasteiger charge is 2.06. The molecule has 0 spiro atoms. The van der Waals surface area contributed by atoms with E-state index >= 15 is 0 Å². The van der Waals surface area contributed by atoms with Crippen LogP contribution in [0.3, 0.4) is 0 Å². The number of halogens is 3. The third-order valence-electron chi connectivity index (χ3n) is 1.08. The SMILES string of the molecule is O=C(Cl)Oc1cc(Br)ccc1F. The molecule has 0 bridgehead atoms. The maximum Gasteiger partial charge on any atom is 0.409 e. The molecule has 0 saturated heterocycles. The second-order valence-electron chi connectivity index (χ2n) is 1.91. The summed E-state index contributed by atoms with van der Waals surface area (Å²) in [6, 6.07) is 3.97. The smallest absolute Gasteiger partial charge is 0.409 e. The number of carbonyl (C=O) groups excluding carboxylic acids is 1. The third kappa shape index (κ3) is 2.46.